The van der Waals surface area contributed by atoms with Crippen LogP contribution in [0.25, 0.3) is 0 Å². The molecule has 2 N–H and O–H groups in total. The molecule has 244 valence electrons. The first-order valence-electron chi connectivity index (χ1n) is 15.4. The van der Waals surface area contributed by atoms with Crippen molar-refractivity contribution >= 4 is 63.9 Å². The fourth-order valence-electron chi connectivity index (χ4n) is 6.99. The number of carbonyl (C=O) groups excluding carboxylic acids is 2. The number of aromatic nitrogens is 3. The molecule has 0 bridgehead atoms. The van der Waals surface area contributed by atoms with E-state index in [-0.39, 0.29) is 52.8 Å². The first-order valence-corrected chi connectivity index (χ1v) is 17.1. The van der Waals surface area contributed by atoms with Crippen molar-refractivity contribution in [2.24, 2.45) is 11.8 Å². The molecule has 46 heavy (non-hydrogen) atoms. The molecule has 3 amide bonds. The quantitative estimate of drug-likeness (QED) is 0.222. The molecule has 0 spiro atoms. The van der Waals surface area contributed by atoms with Gasteiger partial charge in [0.1, 0.15) is 27.4 Å². The van der Waals surface area contributed by atoms with Crippen LogP contribution in [0.5, 0.6) is 11.5 Å². The standard InChI is InChI=1S/C32H37Cl2N7O4S/c1-4-26(42)37-22-10-9-19(18-7-5-6-8-18)11-23(22)38-31-35-13-20-14-40(29-27(33)24(44-2)12-25(45-3)28(29)34)32(43)41(30(20)39-31)15-21-16-46-17-36-21/h4,12-13,16-19,22-23H,1,5-11,14-15H2,2-3H3,(H,37,42)(H,35,38,39)/t19?,22-,23+/m0/s1. The lowest BCUT2D eigenvalue weighted by Gasteiger charge is -2.40. The van der Waals surface area contributed by atoms with E-state index in [2.05, 4.69) is 22.2 Å². The highest BCUT2D eigenvalue weighted by atomic mass is 35.5. The monoisotopic (exact) mass is 685 g/mol. The number of thiazole rings is 1. The molecular weight excluding hydrogens is 649 g/mol. The topological polar surface area (TPSA) is 122 Å². The zero-order valence-electron chi connectivity index (χ0n) is 25.8. The Bertz CT molecular complexity index is 1570. The molecule has 2 saturated carbocycles. The molecule has 1 aliphatic heterocycles. The molecule has 3 heterocycles. The first kappa shape index (κ1) is 32.3. The van der Waals surface area contributed by atoms with Gasteiger partial charge in [-0.1, -0.05) is 55.5 Å². The zero-order chi connectivity index (χ0) is 32.4. The van der Waals surface area contributed by atoms with Crippen LogP contribution in [0, 0.1) is 11.8 Å². The summed E-state index contributed by atoms with van der Waals surface area (Å²) in [5.74, 6) is 2.56. The third-order valence-electron chi connectivity index (χ3n) is 9.30. The van der Waals surface area contributed by atoms with Crippen molar-refractivity contribution < 1.29 is 19.1 Å². The van der Waals surface area contributed by atoms with E-state index in [0.29, 0.717) is 46.4 Å². The summed E-state index contributed by atoms with van der Waals surface area (Å²) in [6.45, 7) is 3.92. The third-order valence-corrected chi connectivity index (χ3v) is 10.7. The molecule has 3 atom stereocenters. The van der Waals surface area contributed by atoms with Crippen molar-refractivity contribution in [3.63, 3.8) is 0 Å². The van der Waals surface area contributed by atoms with E-state index in [1.807, 2.05) is 5.38 Å². The molecule has 11 nitrogen and oxygen atoms in total. The summed E-state index contributed by atoms with van der Waals surface area (Å²) in [6, 6.07) is 1.02. The Morgan fingerprint density at radius 3 is 2.48 bits per heavy atom. The van der Waals surface area contributed by atoms with Crippen molar-refractivity contribution in [2.75, 3.05) is 29.3 Å². The Balaban J connectivity index is 1.34. The number of nitrogens with one attached hydrogen (secondary N) is 2. The molecule has 2 aliphatic carbocycles. The number of amides is 3. The number of methoxy groups -OCH3 is 2. The summed E-state index contributed by atoms with van der Waals surface area (Å²) in [4.78, 5) is 43.7. The molecule has 14 heteroatoms. The number of hydrogen-bond acceptors (Lipinski definition) is 9. The molecule has 2 fully saturated rings. The van der Waals surface area contributed by atoms with E-state index < -0.39 is 0 Å². The number of anilines is 3. The minimum absolute atomic E-state index is 0.0778. The molecule has 3 aromatic rings. The summed E-state index contributed by atoms with van der Waals surface area (Å²) in [5, 5.41) is 8.90. The number of benzene rings is 1. The molecule has 6 rings (SSSR count). The van der Waals surface area contributed by atoms with Gasteiger partial charge in [-0.2, -0.15) is 4.98 Å². The van der Waals surface area contributed by atoms with Gasteiger partial charge in [-0.3, -0.25) is 14.6 Å². The molecule has 0 saturated heterocycles. The minimum Gasteiger partial charge on any atom is -0.495 e. The van der Waals surface area contributed by atoms with Crippen LogP contribution >= 0.6 is 34.5 Å². The molecular formula is C32H37Cl2N7O4S. The van der Waals surface area contributed by atoms with Gasteiger partial charge in [-0.25, -0.2) is 14.8 Å². The Hall–Kier alpha value is -3.61. The number of hydrogen-bond donors (Lipinski definition) is 2. The lowest BCUT2D eigenvalue weighted by molar-refractivity contribution is -0.117. The van der Waals surface area contributed by atoms with Crippen LogP contribution in [0.15, 0.2) is 35.8 Å². The number of fused-ring (bicyclic) bond motifs is 1. The van der Waals surface area contributed by atoms with Gasteiger partial charge in [-0.05, 0) is 37.2 Å². The highest BCUT2D eigenvalue weighted by Gasteiger charge is 2.39. The predicted molar refractivity (Wildman–Crippen MR) is 180 cm³/mol. The van der Waals surface area contributed by atoms with E-state index in [1.54, 1.807) is 22.7 Å². The van der Waals surface area contributed by atoms with Crippen molar-refractivity contribution in [3.8, 4) is 11.5 Å². The second-order valence-electron chi connectivity index (χ2n) is 11.9. The van der Waals surface area contributed by atoms with Gasteiger partial charge in [0, 0.05) is 35.3 Å². The minimum atomic E-state index is -0.389. The van der Waals surface area contributed by atoms with E-state index >= 15 is 0 Å². The van der Waals surface area contributed by atoms with E-state index in [9.17, 15) is 9.59 Å². The van der Waals surface area contributed by atoms with E-state index in [4.69, 9.17) is 42.6 Å². The fourth-order valence-corrected chi connectivity index (χ4v) is 8.25. The maximum Gasteiger partial charge on any atom is 0.330 e. The number of rotatable bonds is 10. The number of ether oxygens (including phenoxy) is 2. The number of nitrogens with zero attached hydrogens (tertiary/aromatic N) is 5. The van der Waals surface area contributed by atoms with Gasteiger partial charge in [0.05, 0.1) is 44.2 Å². The maximum absolute atomic E-state index is 14.3. The van der Waals surface area contributed by atoms with Crippen LogP contribution < -0.4 is 29.9 Å². The predicted octanol–water partition coefficient (Wildman–Crippen LogP) is 6.85. The lowest BCUT2D eigenvalue weighted by Crippen LogP contribution is -2.51. The van der Waals surface area contributed by atoms with E-state index in [0.717, 1.165) is 19.3 Å². The third kappa shape index (κ3) is 6.47. The summed E-state index contributed by atoms with van der Waals surface area (Å²) in [5.41, 5.74) is 3.39. The number of carbonyl (C=O) groups is 2. The molecule has 3 aliphatic rings. The van der Waals surface area contributed by atoms with Crippen molar-refractivity contribution in [1.29, 1.82) is 0 Å². The normalized spacial score (nSPS) is 21.6. The summed E-state index contributed by atoms with van der Waals surface area (Å²) < 4.78 is 10.9. The number of urea groups is 1. The summed E-state index contributed by atoms with van der Waals surface area (Å²) >= 11 is 14.9. The van der Waals surface area contributed by atoms with Gasteiger partial charge in [-0.15, -0.1) is 11.3 Å². The summed E-state index contributed by atoms with van der Waals surface area (Å²) in [6.07, 6.45) is 10.9. The van der Waals surface area contributed by atoms with Crippen LogP contribution in [0.3, 0.4) is 0 Å². The van der Waals surface area contributed by atoms with Crippen molar-refractivity contribution in [3.05, 3.63) is 57.1 Å². The SMILES string of the molecule is C=CC(=O)N[C@H]1CCC(C2CCCC2)C[C@H]1Nc1ncc2c(n1)N(Cc1cscn1)C(=O)N(c1c(Cl)c(OC)cc(OC)c1Cl)C2. The Morgan fingerprint density at radius 1 is 1.09 bits per heavy atom. The molecule has 1 unspecified atom stereocenters. The first-order chi connectivity index (χ1) is 22.3. The van der Waals surface area contributed by atoms with Crippen LogP contribution in [0.4, 0.5) is 22.2 Å². The van der Waals surface area contributed by atoms with Gasteiger partial charge in [0.2, 0.25) is 11.9 Å². The van der Waals surface area contributed by atoms with E-state index in [1.165, 1.54) is 62.2 Å². The highest BCUT2D eigenvalue weighted by Crippen LogP contribution is 2.48. The van der Waals surface area contributed by atoms with Crippen LogP contribution in [-0.4, -0.2) is 53.2 Å². The van der Waals surface area contributed by atoms with Gasteiger partial charge >= 0.3 is 6.03 Å². The zero-order valence-corrected chi connectivity index (χ0v) is 28.1. The van der Waals surface area contributed by atoms with Gasteiger partial charge < -0.3 is 20.1 Å². The van der Waals surface area contributed by atoms with Gasteiger partial charge in [0.25, 0.3) is 0 Å². The van der Waals surface area contributed by atoms with Crippen LogP contribution in [0.2, 0.25) is 10.0 Å². The molecule has 2 aromatic heterocycles. The largest absolute Gasteiger partial charge is 0.495 e. The van der Waals surface area contributed by atoms with Crippen molar-refractivity contribution in [2.45, 2.75) is 70.1 Å². The summed E-state index contributed by atoms with van der Waals surface area (Å²) in [7, 11) is 2.97. The molecule has 0 radical (unpaired) electrons. The lowest BCUT2D eigenvalue weighted by atomic mass is 9.75. The van der Waals surface area contributed by atoms with Crippen LogP contribution in [-0.2, 0) is 17.9 Å². The smallest absolute Gasteiger partial charge is 0.330 e. The average molecular weight is 687 g/mol. The number of halogens is 2. The Kier molecular flexibility index (Phi) is 9.86. The van der Waals surface area contributed by atoms with Crippen molar-refractivity contribution in [1.82, 2.24) is 20.3 Å². The Labute approximate surface area is 282 Å². The van der Waals surface area contributed by atoms with Crippen LogP contribution in [0.1, 0.15) is 56.2 Å². The maximum atomic E-state index is 14.3. The molecule has 1 aromatic carbocycles. The average Bonchev–Trinajstić information content (AvgIpc) is 3.79. The second kappa shape index (κ2) is 14.0. The highest BCUT2D eigenvalue weighted by molar-refractivity contribution is 7.07. The van der Waals surface area contributed by atoms with Gasteiger partial charge in [0.15, 0.2) is 0 Å². The Morgan fingerprint density at radius 2 is 1.83 bits per heavy atom. The fraction of sp³-hybridized carbons (Fsp3) is 0.469. The second-order valence-corrected chi connectivity index (χ2v) is 13.4.